The Morgan fingerprint density at radius 3 is 2.77 bits per heavy atom. The van der Waals surface area contributed by atoms with Crippen LogP contribution >= 0.6 is 0 Å². The number of hydrogen-bond acceptors (Lipinski definition) is 8. The number of anilines is 1. The van der Waals surface area contributed by atoms with Crippen molar-refractivity contribution in [2.45, 2.75) is 77.0 Å². The normalized spacial score (nSPS) is 28.4. The number of rotatable bonds is 5. The van der Waals surface area contributed by atoms with Crippen molar-refractivity contribution in [2.24, 2.45) is 11.1 Å². The van der Waals surface area contributed by atoms with Gasteiger partial charge in [0.15, 0.2) is 0 Å². The summed E-state index contributed by atoms with van der Waals surface area (Å²) in [7, 11) is 0. The van der Waals surface area contributed by atoms with Gasteiger partial charge in [-0.3, -0.25) is 4.98 Å². The van der Waals surface area contributed by atoms with Crippen LogP contribution in [0.5, 0.6) is 0 Å². The van der Waals surface area contributed by atoms with Gasteiger partial charge in [-0.15, -0.1) is 0 Å². The van der Waals surface area contributed by atoms with Gasteiger partial charge >= 0.3 is 11.4 Å². The zero-order chi connectivity index (χ0) is 27.7. The van der Waals surface area contributed by atoms with Crippen LogP contribution in [0, 0.1) is 19.8 Å². The highest BCUT2D eigenvalue weighted by Crippen LogP contribution is 2.46. The van der Waals surface area contributed by atoms with Gasteiger partial charge in [-0.05, 0) is 63.8 Å². The summed E-state index contributed by atoms with van der Waals surface area (Å²) in [4.78, 5) is 40.0. The second-order valence-corrected chi connectivity index (χ2v) is 11.4. The van der Waals surface area contributed by atoms with Crippen LogP contribution in [0.2, 0.25) is 0 Å². The molecule has 3 aliphatic heterocycles. The van der Waals surface area contributed by atoms with Crippen LogP contribution in [0.1, 0.15) is 42.8 Å². The van der Waals surface area contributed by atoms with Crippen LogP contribution in [-0.2, 0) is 22.5 Å². The fourth-order valence-electron chi connectivity index (χ4n) is 6.68. The topological polar surface area (TPSA) is 119 Å². The molecule has 1 aromatic carbocycles. The summed E-state index contributed by atoms with van der Waals surface area (Å²) >= 11 is 0. The van der Waals surface area contributed by atoms with Gasteiger partial charge in [0.05, 0.1) is 35.4 Å². The molecule has 0 spiro atoms. The van der Waals surface area contributed by atoms with Gasteiger partial charge in [0, 0.05) is 24.7 Å². The van der Waals surface area contributed by atoms with Crippen molar-refractivity contribution in [1.82, 2.24) is 18.9 Å². The molecule has 3 aromatic rings. The molecule has 0 radical (unpaired) electrons. The summed E-state index contributed by atoms with van der Waals surface area (Å²) in [6, 6.07) is 10.4. The summed E-state index contributed by atoms with van der Waals surface area (Å²) in [5, 5.41) is 15.8. The first-order chi connectivity index (χ1) is 19.3. The zero-order valence-electron chi connectivity index (χ0n) is 22.9. The van der Waals surface area contributed by atoms with Crippen molar-refractivity contribution >= 4 is 11.4 Å². The highest BCUT2D eigenvalue weighted by atomic mass is 16.6. The lowest BCUT2D eigenvalue weighted by atomic mass is 9.78. The van der Waals surface area contributed by atoms with Crippen LogP contribution in [-0.4, -0.2) is 67.2 Å². The first-order valence-electron chi connectivity index (χ1n) is 14.1. The molecular weight excluding hydrogens is 512 g/mol. The van der Waals surface area contributed by atoms with E-state index in [2.05, 4.69) is 23.0 Å². The van der Waals surface area contributed by atoms with E-state index in [1.54, 1.807) is 24.3 Å². The van der Waals surface area contributed by atoms with Gasteiger partial charge < -0.3 is 19.6 Å². The third-order valence-electron chi connectivity index (χ3n) is 8.82. The van der Waals surface area contributed by atoms with Crippen LogP contribution in [0.15, 0.2) is 51.1 Å². The van der Waals surface area contributed by atoms with E-state index in [1.165, 1.54) is 19.5 Å². The molecule has 11 heteroatoms. The highest BCUT2D eigenvalue weighted by Gasteiger charge is 2.61. The number of oxime groups is 1. The number of fused-ring (bicyclic) bond motifs is 5. The minimum Gasteiger partial charge on any atom is -0.391 e. The molecule has 4 aliphatic rings. The number of hydrogen-bond donors (Lipinski definition) is 1. The Morgan fingerprint density at radius 1 is 1.18 bits per heavy atom. The molecule has 40 heavy (non-hydrogen) atoms. The summed E-state index contributed by atoms with van der Waals surface area (Å²) in [6.45, 7) is 8.07. The molecular formula is C29H34N6O5. The number of aryl methyl sites for hydroxylation is 3. The molecule has 11 nitrogen and oxygen atoms in total. The molecule has 5 heterocycles. The summed E-state index contributed by atoms with van der Waals surface area (Å²) in [6.07, 6.45) is 0.636. The molecule has 6 atom stereocenters. The summed E-state index contributed by atoms with van der Waals surface area (Å²) in [5.74, 6) is -0.278. The average Bonchev–Trinajstić information content (AvgIpc) is 3.70. The second-order valence-electron chi connectivity index (χ2n) is 11.4. The van der Waals surface area contributed by atoms with Crippen molar-refractivity contribution in [3.63, 3.8) is 0 Å². The van der Waals surface area contributed by atoms with E-state index in [9.17, 15) is 14.7 Å². The van der Waals surface area contributed by atoms with Gasteiger partial charge in [0.2, 0.25) is 0 Å². The number of epoxide rings is 1. The number of pyridine rings is 1. The van der Waals surface area contributed by atoms with Crippen molar-refractivity contribution in [3.8, 4) is 5.69 Å². The SMILES string of the molecule is Cc1cc2c(nc1C)CCCN2C[C@@H](C)ON=C1[C@H]2CCn3c(=O)n(-c4ccccc4)c(=O)n3[C@H]2[C@H](O)[C@@H]2O[C@H]12. The predicted octanol–water partition coefficient (Wildman–Crippen LogP) is 1.73. The van der Waals surface area contributed by atoms with Gasteiger partial charge in [-0.2, -0.15) is 0 Å². The van der Waals surface area contributed by atoms with E-state index in [0.717, 1.165) is 36.5 Å². The minimum atomic E-state index is -0.925. The Bertz CT molecular complexity index is 1610. The molecule has 1 saturated heterocycles. The van der Waals surface area contributed by atoms with Crippen molar-refractivity contribution in [2.75, 3.05) is 18.0 Å². The number of benzene rings is 1. The van der Waals surface area contributed by atoms with E-state index in [0.29, 0.717) is 30.9 Å². The molecule has 0 bridgehead atoms. The Hall–Kier alpha value is -3.70. The molecule has 2 aromatic heterocycles. The van der Waals surface area contributed by atoms with Crippen molar-refractivity contribution in [1.29, 1.82) is 0 Å². The van der Waals surface area contributed by atoms with Crippen molar-refractivity contribution in [3.05, 3.63) is 74.3 Å². The lowest BCUT2D eigenvalue weighted by Crippen LogP contribution is -2.53. The molecule has 210 valence electrons. The molecule has 1 N–H and O–H groups in total. The number of aromatic nitrogens is 4. The summed E-state index contributed by atoms with van der Waals surface area (Å²) in [5.41, 5.74) is 4.86. The Kier molecular flexibility index (Phi) is 5.97. The van der Waals surface area contributed by atoms with Crippen LogP contribution < -0.4 is 16.3 Å². The van der Waals surface area contributed by atoms with E-state index in [4.69, 9.17) is 14.6 Å². The van der Waals surface area contributed by atoms with E-state index < -0.39 is 29.6 Å². The largest absolute Gasteiger partial charge is 0.391 e. The number of ether oxygens (including phenoxy) is 1. The van der Waals surface area contributed by atoms with Gasteiger partial charge in [0.1, 0.15) is 24.4 Å². The minimum absolute atomic E-state index is 0.203. The fraction of sp³-hybridized carbons (Fsp3) is 0.517. The first-order valence-corrected chi connectivity index (χ1v) is 14.1. The number of nitrogens with zero attached hydrogens (tertiary/aromatic N) is 6. The Labute approximate surface area is 231 Å². The maximum Gasteiger partial charge on any atom is 0.352 e. The van der Waals surface area contributed by atoms with Crippen LogP contribution in [0.25, 0.3) is 5.69 Å². The smallest absolute Gasteiger partial charge is 0.352 e. The highest BCUT2D eigenvalue weighted by molar-refractivity contribution is 5.94. The van der Waals surface area contributed by atoms with E-state index in [-0.39, 0.29) is 18.1 Å². The monoisotopic (exact) mass is 546 g/mol. The van der Waals surface area contributed by atoms with Crippen LogP contribution in [0.4, 0.5) is 5.69 Å². The lowest BCUT2D eigenvalue weighted by molar-refractivity contribution is 0.0300. The molecule has 1 aliphatic carbocycles. The quantitative estimate of drug-likeness (QED) is 0.382. The van der Waals surface area contributed by atoms with Crippen LogP contribution in [0.3, 0.4) is 0 Å². The van der Waals surface area contributed by atoms with Gasteiger partial charge in [0.25, 0.3) is 0 Å². The first kappa shape index (κ1) is 25.3. The fourth-order valence-corrected chi connectivity index (χ4v) is 6.68. The Balaban J connectivity index is 1.15. The average molecular weight is 547 g/mol. The zero-order valence-corrected chi connectivity index (χ0v) is 22.9. The standard InChI is InChI=1S/C29H34N6O5/c1-16-14-22-21(30-18(16)3)10-7-12-32(22)15-17(2)40-31-23-20-11-13-33-28(37)34(19-8-5-4-6-9-19)29(38)35(33)24(20)25(36)27-26(23)39-27/h4-6,8-9,14,17,20,24-27,36H,7,10-13,15H2,1-3H3/t17-,20-,24-,25+,26-,27+/m1/s1. The Morgan fingerprint density at radius 2 is 1.98 bits per heavy atom. The second kappa shape index (κ2) is 9.45. The number of aliphatic hydroxyl groups is 1. The molecule has 7 rings (SSSR count). The predicted molar refractivity (Wildman–Crippen MR) is 148 cm³/mol. The molecule has 2 fully saturated rings. The third kappa shape index (κ3) is 3.94. The lowest BCUT2D eigenvalue weighted by Gasteiger charge is -2.38. The van der Waals surface area contributed by atoms with Crippen molar-refractivity contribution < 1.29 is 14.7 Å². The van der Waals surface area contributed by atoms with E-state index in [1.807, 2.05) is 19.9 Å². The summed E-state index contributed by atoms with van der Waals surface area (Å²) < 4.78 is 9.85. The van der Waals surface area contributed by atoms with Gasteiger partial charge in [-0.25, -0.2) is 23.5 Å². The molecule has 1 saturated carbocycles. The number of para-hydroxylation sites is 1. The molecule has 0 unspecified atom stereocenters. The molecule has 0 amide bonds. The maximum atomic E-state index is 13.6. The third-order valence-corrected chi connectivity index (χ3v) is 8.82. The maximum absolute atomic E-state index is 13.6. The number of aliphatic hydroxyl groups excluding tert-OH is 1. The van der Waals surface area contributed by atoms with E-state index >= 15 is 0 Å². The van der Waals surface area contributed by atoms with Gasteiger partial charge in [-0.1, -0.05) is 23.4 Å².